The van der Waals surface area contributed by atoms with Crippen LogP contribution in [0.15, 0.2) is 36.4 Å². The average molecular weight is 303 g/mol. The molecule has 0 aliphatic carbocycles. The predicted molar refractivity (Wildman–Crippen MR) is 76.7 cm³/mol. The number of benzene rings is 2. The van der Waals surface area contributed by atoms with Crippen molar-refractivity contribution in [1.82, 2.24) is 0 Å². The van der Waals surface area contributed by atoms with E-state index >= 15 is 0 Å². The molecule has 5 heteroatoms. The van der Waals surface area contributed by atoms with E-state index in [1.165, 1.54) is 0 Å². The molecule has 0 unspecified atom stereocenters. The lowest BCUT2D eigenvalue weighted by molar-refractivity contribution is 0.306. The van der Waals surface area contributed by atoms with Crippen LogP contribution >= 0.6 is 34.8 Å². The Morgan fingerprint density at radius 2 is 1.72 bits per heavy atom. The summed E-state index contributed by atoms with van der Waals surface area (Å²) in [6.07, 6.45) is 0. The second kappa shape index (κ2) is 5.70. The molecule has 2 aromatic carbocycles. The van der Waals surface area contributed by atoms with Gasteiger partial charge in [0.15, 0.2) is 0 Å². The highest BCUT2D eigenvalue weighted by Crippen LogP contribution is 2.28. The van der Waals surface area contributed by atoms with E-state index in [-0.39, 0.29) is 0 Å². The topological polar surface area (TPSA) is 35.2 Å². The molecule has 0 bridgehead atoms. The van der Waals surface area contributed by atoms with E-state index in [0.29, 0.717) is 33.1 Å². The van der Waals surface area contributed by atoms with Crippen molar-refractivity contribution in [2.24, 2.45) is 0 Å². The Balaban J connectivity index is 2.13. The summed E-state index contributed by atoms with van der Waals surface area (Å²) in [5, 5.41) is 1.66. The van der Waals surface area contributed by atoms with Gasteiger partial charge in [-0.05, 0) is 24.3 Å². The van der Waals surface area contributed by atoms with E-state index in [1.807, 2.05) is 6.07 Å². The van der Waals surface area contributed by atoms with Gasteiger partial charge < -0.3 is 10.5 Å². The van der Waals surface area contributed by atoms with Crippen LogP contribution in [0.2, 0.25) is 15.1 Å². The van der Waals surface area contributed by atoms with Gasteiger partial charge in [-0.25, -0.2) is 0 Å². The van der Waals surface area contributed by atoms with Crippen molar-refractivity contribution in [3.05, 3.63) is 57.0 Å². The van der Waals surface area contributed by atoms with E-state index in [2.05, 4.69) is 0 Å². The molecule has 0 aliphatic rings. The maximum absolute atomic E-state index is 6.04. The van der Waals surface area contributed by atoms with Gasteiger partial charge in [0.25, 0.3) is 0 Å². The largest absolute Gasteiger partial charge is 0.487 e. The van der Waals surface area contributed by atoms with Gasteiger partial charge in [0.2, 0.25) is 0 Å². The Labute approximate surface area is 120 Å². The normalized spacial score (nSPS) is 10.4. The maximum atomic E-state index is 6.04. The van der Waals surface area contributed by atoms with Gasteiger partial charge in [-0.1, -0.05) is 40.9 Å². The molecule has 0 aromatic heterocycles. The summed E-state index contributed by atoms with van der Waals surface area (Å²) in [5.41, 5.74) is 7.09. The molecule has 2 aromatic rings. The van der Waals surface area contributed by atoms with E-state index in [1.54, 1.807) is 30.3 Å². The van der Waals surface area contributed by atoms with Crippen LogP contribution in [0.5, 0.6) is 5.75 Å². The molecule has 0 saturated carbocycles. The molecule has 0 saturated heterocycles. The molecule has 0 aliphatic heterocycles. The highest BCUT2D eigenvalue weighted by molar-refractivity contribution is 6.35. The van der Waals surface area contributed by atoms with Crippen molar-refractivity contribution in [2.45, 2.75) is 6.61 Å². The number of nitrogens with two attached hydrogens (primary N) is 1. The summed E-state index contributed by atoms with van der Waals surface area (Å²) in [6.45, 7) is 0.305. The van der Waals surface area contributed by atoms with Crippen molar-refractivity contribution in [3.8, 4) is 5.75 Å². The lowest BCUT2D eigenvalue weighted by atomic mass is 10.2. The smallest absolute Gasteiger partial charge is 0.140 e. The predicted octanol–water partition coefficient (Wildman–Crippen LogP) is 4.81. The first-order valence-corrected chi connectivity index (χ1v) is 6.31. The molecule has 0 fully saturated rings. The zero-order valence-electron chi connectivity index (χ0n) is 9.29. The van der Waals surface area contributed by atoms with Crippen molar-refractivity contribution in [1.29, 1.82) is 0 Å². The molecule has 0 radical (unpaired) electrons. The zero-order chi connectivity index (χ0) is 13.1. The van der Waals surface area contributed by atoms with Crippen molar-refractivity contribution in [2.75, 3.05) is 5.73 Å². The molecule has 94 valence electrons. The number of halogens is 3. The third-order valence-corrected chi connectivity index (χ3v) is 3.25. The molecule has 2 rings (SSSR count). The first kappa shape index (κ1) is 13.3. The zero-order valence-corrected chi connectivity index (χ0v) is 11.6. The van der Waals surface area contributed by atoms with E-state index in [9.17, 15) is 0 Å². The molecule has 0 amide bonds. The van der Waals surface area contributed by atoms with E-state index in [0.717, 1.165) is 5.56 Å². The van der Waals surface area contributed by atoms with Gasteiger partial charge in [-0.2, -0.15) is 0 Å². The first-order valence-electron chi connectivity index (χ1n) is 5.18. The highest BCUT2D eigenvalue weighted by atomic mass is 35.5. The molecule has 2 nitrogen and oxygen atoms in total. The minimum Gasteiger partial charge on any atom is -0.487 e. The van der Waals surface area contributed by atoms with Crippen LogP contribution in [0.3, 0.4) is 0 Å². The quantitative estimate of drug-likeness (QED) is 0.826. The van der Waals surface area contributed by atoms with Crippen LogP contribution in [0.4, 0.5) is 5.69 Å². The highest BCUT2D eigenvalue weighted by Gasteiger charge is 2.05. The van der Waals surface area contributed by atoms with Crippen LogP contribution < -0.4 is 10.5 Å². The Bertz CT molecular complexity index is 572. The van der Waals surface area contributed by atoms with Gasteiger partial charge >= 0.3 is 0 Å². The van der Waals surface area contributed by atoms with Gasteiger partial charge in [0.1, 0.15) is 12.4 Å². The molecule has 0 spiro atoms. The number of rotatable bonds is 3. The monoisotopic (exact) mass is 301 g/mol. The SMILES string of the molecule is Nc1ccc(Cl)c(OCc2ccc(Cl)cc2Cl)c1. The Morgan fingerprint density at radius 3 is 2.44 bits per heavy atom. The molecular formula is C13H10Cl3NO. The summed E-state index contributed by atoms with van der Waals surface area (Å²) in [4.78, 5) is 0. The van der Waals surface area contributed by atoms with Crippen LogP contribution in [-0.4, -0.2) is 0 Å². The van der Waals surface area contributed by atoms with E-state index < -0.39 is 0 Å². The minimum absolute atomic E-state index is 0.305. The van der Waals surface area contributed by atoms with Crippen LogP contribution in [0, 0.1) is 0 Å². The second-order valence-electron chi connectivity index (χ2n) is 3.71. The number of hydrogen-bond acceptors (Lipinski definition) is 2. The summed E-state index contributed by atoms with van der Waals surface area (Å²) in [5.74, 6) is 0.530. The third-order valence-electron chi connectivity index (χ3n) is 2.35. The third kappa shape index (κ3) is 3.22. The minimum atomic E-state index is 0.305. The number of anilines is 1. The fraction of sp³-hybridized carbons (Fsp3) is 0.0769. The van der Waals surface area contributed by atoms with Crippen LogP contribution in [-0.2, 0) is 6.61 Å². The summed E-state index contributed by atoms with van der Waals surface area (Å²) in [6, 6.07) is 10.3. The fourth-order valence-corrected chi connectivity index (χ4v) is 2.06. The van der Waals surface area contributed by atoms with Gasteiger partial charge in [0.05, 0.1) is 5.02 Å². The van der Waals surface area contributed by atoms with Gasteiger partial charge in [-0.3, -0.25) is 0 Å². The average Bonchev–Trinajstić information content (AvgIpc) is 2.32. The number of hydrogen-bond donors (Lipinski definition) is 1. The number of ether oxygens (including phenoxy) is 1. The van der Waals surface area contributed by atoms with Crippen molar-refractivity contribution < 1.29 is 4.74 Å². The summed E-state index contributed by atoms with van der Waals surface area (Å²) >= 11 is 17.9. The number of nitrogen functional groups attached to an aromatic ring is 1. The summed E-state index contributed by atoms with van der Waals surface area (Å²) in [7, 11) is 0. The van der Waals surface area contributed by atoms with Crippen LogP contribution in [0.1, 0.15) is 5.56 Å². The van der Waals surface area contributed by atoms with E-state index in [4.69, 9.17) is 45.3 Å². The fourth-order valence-electron chi connectivity index (χ4n) is 1.42. The van der Waals surface area contributed by atoms with Gasteiger partial charge in [0, 0.05) is 27.4 Å². The summed E-state index contributed by atoms with van der Waals surface area (Å²) < 4.78 is 5.58. The molecule has 0 atom stereocenters. The standard InChI is InChI=1S/C13H10Cl3NO/c14-9-2-1-8(12(16)5-9)7-18-13-6-10(17)3-4-11(13)15/h1-6H,7,17H2. The van der Waals surface area contributed by atoms with Crippen LogP contribution in [0.25, 0.3) is 0 Å². The Kier molecular flexibility index (Phi) is 4.23. The Morgan fingerprint density at radius 1 is 0.944 bits per heavy atom. The Hall–Kier alpha value is -1.09. The van der Waals surface area contributed by atoms with Gasteiger partial charge in [-0.15, -0.1) is 0 Å². The first-order chi connectivity index (χ1) is 8.56. The lowest BCUT2D eigenvalue weighted by Gasteiger charge is -2.10. The maximum Gasteiger partial charge on any atom is 0.140 e. The molecular weight excluding hydrogens is 293 g/mol. The van der Waals surface area contributed by atoms with Crippen molar-refractivity contribution in [3.63, 3.8) is 0 Å². The molecule has 18 heavy (non-hydrogen) atoms. The molecule has 2 N–H and O–H groups in total. The second-order valence-corrected chi connectivity index (χ2v) is 4.97. The lowest BCUT2D eigenvalue weighted by Crippen LogP contribution is -1.97. The van der Waals surface area contributed by atoms with Crippen molar-refractivity contribution >= 4 is 40.5 Å². The molecule has 0 heterocycles.